The molecule has 0 saturated carbocycles. The van der Waals surface area contributed by atoms with Gasteiger partial charge in [-0.1, -0.05) is 12.1 Å². The standard InChI is InChI=1S/C22H22F3N7O2S/c1-21(2,19(26)33)32-9-14(8-28-32)13-3-4-15-16-10-31(35-18(16)5-6-34-17(15)7-13)20-27-12-29-30(20)11-22(23,24)25/h3-4,7-9,12H,5-6,10-11H2,1-2H3,(H2,26,33). The fraction of sp³-hybridized carbons (Fsp3) is 0.364. The van der Waals surface area contributed by atoms with Crippen molar-refractivity contribution in [2.24, 2.45) is 5.73 Å². The summed E-state index contributed by atoms with van der Waals surface area (Å²) in [6.45, 7) is 2.99. The molecule has 0 fully saturated rings. The van der Waals surface area contributed by atoms with E-state index in [1.54, 1.807) is 30.5 Å². The zero-order valence-corrected chi connectivity index (χ0v) is 19.7. The van der Waals surface area contributed by atoms with Crippen LogP contribution in [0.5, 0.6) is 5.75 Å². The highest BCUT2D eigenvalue weighted by Crippen LogP contribution is 2.46. The first-order chi connectivity index (χ1) is 16.5. The van der Waals surface area contributed by atoms with Crippen LogP contribution >= 0.6 is 11.9 Å². The van der Waals surface area contributed by atoms with Crippen molar-refractivity contribution in [1.82, 2.24) is 24.5 Å². The first-order valence-corrected chi connectivity index (χ1v) is 11.5. The van der Waals surface area contributed by atoms with Gasteiger partial charge in [-0.05, 0) is 43.0 Å². The molecule has 4 heterocycles. The molecule has 0 aliphatic carbocycles. The number of fused-ring (bicyclic) bond motifs is 2. The molecule has 1 amide bonds. The number of ether oxygens (including phenoxy) is 1. The maximum Gasteiger partial charge on any atom is 0.408 e. The van der Waals surface area contributed by atoms with Crippen molar-refractivity contribution in [3.05, 3.63) is 47.4 Å². The molecule has 1 aromatic carbocycles. The Morgan fingerprint density at radius 1 is 1.23 bits per heavy atom. The summed E-state index contributed by atoms with van der Waals surface area (Å²) in [6, 6.07) is 5.77. The van der Waals surface area contributed by atoms with E-state index in [1.807, 2.05) is 18.2 Å². The fourth-order valence-electron chi connectivity index (χ4n) is 3.94. The van der Waals surface area contributed by atoms with E-state index in [0.29, 0.717) is 25.3 Å². The Labute approximate surface area is 202 Å². The van der Waals surface area contributed by atoms with Gasteiger partial charge in [-0.25, -0.2) is 4.68 Å². The molecule has 0 radical (unpaired) electrons. The number of primary amides is 1. The Morgan fingerprint density at radius 3 is 2.77 bits per heavy atom. The minimum absolute atomic E-state index is 0.156. The number of nitrogens with zero attached hydrogens (tertiary/aromatic N) is 6. The lowest BCUT2D eigenvalue weighted by molar-refractivity contribution is -0.142. The van der Waals surface area contributed by atoms with Crippen LogP contribution in [0, 0.1) is 0 Å². The maximum absolute atomic E-state index is 12.9. The Kier molecular flexibility index (Phi) is 5.54. The number of aromatic nitrogens is 5. The molecule has 184 valence electrons. The number of carbonyl (C=O) groups excluding carboxylic acids is 1. The van der Waals surface area contributed by atoms with Gasteiger partial charge in [0, 0.05) is 28.6 Å². The number of nitrogens with two attached hydrogens (primary N) is 1. The van der Waals surface area contributed by atoms with Gasteiger partial charge in [-0.2, -0.15) is 28.4 Å². The van der Waals surface area contributed by atoms with Gasteiger partial charge in [-0.3, -0.25) is 13.8 Å². The topological polar surface area (TPSA) is 104 Å². The van der Waals surface area contributed by atoms with Gasteiger partial charge < -0.3 is 10.5 Å². The van der Waals surface area contributed by atoms with Crippen molar-refractivity contribution in [1.29, 1.82) is 0 Å². The predicted octanol–water partition coefficient (Wildman–Crippen LogP) is 3.59. The monoisotopic (exact) mass is 505 g/mol. The van der Waals surface area contributed by atoms with Crippen molar-refractivity contribution in [2.45, 2.75) is 38.5 Å². The van der Waals surface area contributed by atoms with Crippen molar-refractivity contribution in [2.75, 3.05) is 17.5 Å². The lowest BCUT2D eigenvalue weighted by atomic mass is 10.00. The lowest BCUT2D eigenvalue weighted by Gasteiger charge is -2.20. The summed E-state index contributed by atoms with van der Waals surface area (Å²) in [7, 11) is 0. The highest BCUT2D eigenvalue weighted by Gasteiger charge is 2.35. The zero-order chi connectivity index (χ0) is 25.0. The van der Waals surface area contributed by atoms with Gasteiger partial charge in [0.05, 0.1) is 19.3 Å². The number of amides is 1. The van der Waals surface area contributed by atoms with Crippen LogP contribution in [0.15, 0.2) is 41.8 Å². The van der Waals surface area contributed by atoms with Crippen LogP contribution in [-0.4, -0.2) is 49.8 Å². The van der Waals surface area contributed by atoms with E-state index in [1.165, 1.54) is 16.6 Å². The van der Waals surface area contributed by atoms with Crippen LogP contribution in [0.25, 0.3) is 16.7 Å². The summed E-state index contributed by atoms with van der Waals surface area (Å²) in [5.74, 6) is 0.337. The average molecular weight is 506 g/mol. The molecule has 2 N–H and O–H groups in total. The quantitative estimate of drug-likeness (QED) is 0.529. The summed E-state index contributed by atoms with van der Waals surface area (Å²) in [6.07, 6.45) is 0.782. The molecule has 13 heteroatoms. The molecule has 35 heavy (non-hydrogen) atoms. The lowest BCUT2D eigenvalue weighted by Crippen LogP contribution is -2.41. The minimum Gasteiger partial charge on any atom is -0.493 e. The van der Waals surface area contributed by atoms with Crippen LogP contribution in [0.2, 0.25) is 0 Å². The second kappa shape index (κ2) is 8.33. The third kappa shape index (κ3) is 4.35. The average Bonchev–Trinajstić information content (AvgIpc) is 3.51. The van der Waals surface area contributed by atoms with Crippen LogP contribution in [-0.2, 0) is 16.9 Å². The Balaban J connectivity index is 1.42. The van der Waals surface area contributed by atoms with Crippen LogP contribution < -0.4 is 14.8 Å². The summed E-state index contributed by atoms with van der Waals surface area (Å²) >= 11 is 1.36. The van der Waals surface area contributed by atoms with Gasteiger partial charge in [0.25, 0.3) is 0 Å². The number of benzene rings is 1. The SMILES string of the molecule is CC(C)(C(N)=O)n1cc(-c2ccc3c(c2)OCCC2=C3CN(c3ncnn3CC(F)(F)F)S2)cn1. The number of hydrogen-bond acceptors (Lipinski definition) is 7. The highest BCUT2D eigenvalue weighted by atomic mass is 32.2. The van der Waals surface area contributed by atoms with E-state index in [9.17, 15) is 18.0 Å². The van der Waals surface area contributed by atoms with Gasteiger partial charge >= 0.3 is 6.18 Å². The van der Waals surface area contributed by atoms with Crippen molar-refractivity contribution in [3.8, 4) is 16.9 Å². The highest BCUT2D eigenvalue weighted by molar-refractivity contribution is 8.04. The number of halogens is 3. The summed E-state index contributed by atoms with van der Waals surface area (Å²) in [5.41, 5.74) is 8.04. The molecule has 3 aromatic rings. The largest absolute Gasteiger partial charge is 0.493 e. The second-order valence-corrected chi connectivity index (χ2v) is 9.88. The maximum atomic E-state index is 12.9. The molecule has 0 saturated heterocycles. The fourth-order valence-corrected chi connectivity index (χ4v) is 5.09. The van der Waals surface area contributed by atoms with Gasteiger partial charge in [0.15, 0.2) is 0 Å². The molecular formula is C22H22F3N7O2S. The molecule has 2 aromatic heterocycles. The van der Waals surface area contributed by atoms with E-state index >= 15 is 0 Å². The van der Waals surface area contributed by atoms with Crippen molar-refractivity contribution < 1.29 is 22.7 Å². The van der Waals surface area contributed by atoms with E-state index in [0.717, 1.165) is 38.2 Å². The van der Waals surface area contributed by atoms with Crippen LogP contribution in [0.4, 0.5) is 19.1 Å². The molecule has 0 atom stereocenters. The third-order valence-corrected chi connectivity index (χ3v) is 7.17. The molecule has 9 nitrogen and oxygen atoms in total. The molecule has 5 rings (SSSR count). The molecule has 0 unspecified atom stereocenters. The van der Waals surface area contributed by atoms with E-state index < -0.39 is 24.2 Å². The second-order valence-electron chi connectivity index (χ2n) is 8.77. The number of anilines is 1. The Morgan fingerprint density at radius 2 is 2.03 bits per heavy atom. The van der Waals surface area contributed by atoms with E-state index in [4.69, 9.17) is 10.5 Å². The number of carbonyl (C=O) groups is 1. The minimum atomic E-state index is -4.39. The van der Waals surface area contributed by atoms with Gasteiger partial charge in [0.2, 0.25) is 11.9 Å². The van der Waals surface area contributed by atoms with E-state index in [2.05, 4.69) is 15.2 Å². The van der Waals surface area contributed by atoms with Gasteiger partial charge in [-0.15, -0.1) is 0 Å². The molecule has 0 bridgehead atoms. The molecule has 2 aliphatic heterocycles. The van der Waals surface area contributed by atoms with E-state index in [-0.39, 0.29) is 5.95 Å². The van der Waals surface area contributed by atoms with Crippen LogP contribution in [0.3, 0.4) is 0 Å². The predicted molar refractivity (Wildman–Crippen MR) is 124 cm³/mol. The molecule has 0 spiro atoms. The number of hydrogen-bond donors (Lipinski definition) is 1. The summed E-state index contributed by atoms with van der Waals surface area (Å²) < 4.78 is 49.0. The first-order valence-electron chi connectivity index (χ1n) is 10.8. The summed E-state index contributed by atoms with van der Waals surface area (Å²) in [5, 5.41) is 8.05. The number of alkyl halides is 3. The normalized spacial score (nSPS) is 16.1. The smallest absolute Gasteiger partial charge is 0.408 e. The zero-order valence-electron chi connectivity index (χ0n) is 18.9. The first kappa shape index (κ1) is 23.3. The molecule has 2 aliphatic rings. The number of rotatable bonds is 5. The third-order valence-electron chi connectivity index (χ3n) is 5.99. The van der Waals surface area contributed by atoms with Gasteiger partial charge in [0.1, 0.15) is 24.2 Å². The molecular weight excluding hydrogens is 483 g/mol. The summed E-state index contributed by atoms with van der Waals surface area (Å²) in [4.78, 5) is 16.9. The van der Waals surface area contributed by atoms with Crippen molar-refractivity contribution >= 4 is 29.4 Å². The van der Waals surface area contributed by atoms with Crippen molar-refractivity contribution in [3.63, 3.8) is 0 Å². The van der Waals surface area contributed by atoms with Crippen LogP contribution in [0.1, 0.15) is 25.8 Å². The Bertz CT molecular complexity index is 1330. The Hall–Kier alpha value is -3.48.